The lowest BCUT2D eigenvalue weighted by molar-refractivity contribution is 0.0175. The molecule has 7 heteroatoms. The number of carbonyl (C=O) groups excluding carboxylic acids is 1. The van der Waals surface area contributed by atoms with Crippen molar-refractivity contribution in [2.45, 2.75) is 44.8 Å². The van der Waals surface area contributed by atoms with E-state index in [0.29, 0.717) is 19.7 Å². The lowest BCUT2D eigenvalue weighted by Crippen LogP contribution is -2.36. The molecule has 1 fully saturated rings. The van der Waals surface area contributed by atoms with Gasteiger partial charge in [-0.05, 0) is 73.2 Å². The van der Waals surface area contributed by atoms with Crippen molar-refractivity contribution in [3.63, 3.8) is 0 Å². The third kappa shape index (κ3) is 4.35. The van der Waals surface area contributed by atoms with Crippen LogP contribution >= 0.6 is 0 Å². The van der Waals surface area contributed by atoms with Gasteiger partial charge in [0, 0.05) is 25.1 Å². The molecule has 0 bridgehead atoms. The summed E-state index contributed by atoms with van der Waals surface area (Å²) in [6.45, 7) is 3.70. The van der Waals surface area contributed by atoms with Gasteiger partial charge in [-0.25, -0.2) is 13.9 Å². The van der Waals surface area contributed by atoms with Crippen molar-refractivity contribution >= 4 is 12.1 Å². The number of ether oxygens (including phenoxy) is 1. The Bertz CT molecular complexity index is 1220. The highest BCUT2D eigenvalue weighted by atomic mass is 19.1. The molecule has 0 spiro atoms. The van der Waals surface area contributed by atoms with Crippen molar-refractivity contribution in [3.8, 4) is 5.69 Å². The molecule has 2 heterocycles. The Hall–Kier alpha value is -3.45. The second kappa shape index (κ2) is 9.43. The molecule has 1 atom stereocenters. The number of hydrogen-bond acceptors (Lipinski definition) is 3. The molecule has 2 aliphatic rings. The quantitative estimate of drug-likeness (QED) is 0.543. The van der Waals surface area contributed by atoms with Crippen LogP contribution in [0.15, 0.2) is 60.3 Å². The van der Waals surface area contributed by atoms with E-state index in [-0.39, 0.29) is 17.4 Å². The normalized spacial score (nSPS) is 18.7. The van der Waals surface area contributed by atoms with E-state index in [0.717, 1.165) is 48.2 Å². The largest absolute Gasteiger partial charge is 0.370 e. The Morgan fingerprint density at radius 2 is 1.94 bits per heavy atom. The number of fused-ring (bicyclic) bond motifs is 2. The first-order chi connectivity index (χ1) is 16.6. The molecule has 176 valence electrons. The van der Waals surface area contributed by atoms with Crippen LogP contribution in [0.3, 0.4) is 0 Å². The van der Waals surface area contributed by atoms with Gasteiger partial charge in [0.1, 0.15) is 5.82 Å². The van der Waals surface area contributed by atoms with E-state index in [2.05, 4.69) is 33.9 Å². The molecule has 34 heavy (non-hydrogen) atoms. The molecule has 3 aromatic rings. The average Bonchev–Trinajstić information content (AvgIpc) is 3.44. The van der Waals surface area contributed by atoms with E-state index in [1.165, 1.54) is 23.3 Å². The number of nitrogens with zero attached hydrogens (tertiary/aromatic N) is 2. The van der Waals surface area contributed by atoms with Crippen molar-refractivity contribution in [2.75, 3.05) is 13.2 Å². The summed E-state index contributed by atoms with van der Waals surface area (Å²) in [4.78, 5) is 11.8. The van der Waals surface area contributed by atoms with E-state index in [4.69, 9.17) is 4.74 Å². The van der Waals surface area contributed by atoms with Crippen molar-refractivity contribution in [1.29, 1.82) is 0 Å². The predicted molar refractivity (Wildman–Crippen MR) is 129 cm³/mol. The third-order valence-electron chi connectivity index (χ3n) is 6.77. The molecule has 0 saturated carbocycles. The second-order valence-corrected chi connectivity index (χ2v) is 8.86. The average molecular weight is 461 g/mol. The summed E-state index contributed by atoms with van der Waals surface area (Å²) in [6.07, 6.45) is 7.50. The van der Waals surface area contributed by atoms with E-state index >= 15 is 0 Å². The number of nitrogens with one attached hydrogen (secondary N) is 2. The van der Waals surface area contributed by atoms with Crippen LogP contribution in [0.1, 0.15) is 42.1 Å². The van der Waals surface area contributed by atoms with Crippen LogP contribution in [0.2, 0.25) is 0 Å². The van der Waals surface area contributed by atoms with Crippen LogP contribution in [0, 0.1) is 5.82 Å². The van der Waals surface area contributed by atoms with E-state index in [1.807, 2.05) is 29.9 Å². The first-order valence-corrected chi connectivity index (χ1v) is 11.8. The minimum absolute atomic E-state index is 0.154. The fraction of sp³-hybridized carbons (Fsp3) is 0.333. The predicted octanol–water partition coefficient (Wildman–Crippen LogP) is 4.56. The van der Waals surface area contributed by atoms with Gasteiger partial charge in [-0.1, -0.05) is 24.3 Å². The SMILES string of the molecule is CCNC(=O)NCc1ccccc1CCC12Cc3cnn(-c4ccc(F)cc4)c3C=C1CCO2. The van der Waals surface area contributed by atoms with E-state index in [9.17, 15) is 9.18 Å². The number of halogens is 1. The molecule has 2 amide bonds. The molecule has 1 aliphatic heterocycles. The minimum Gasteiger partial charge on any atom is -0.370 e. The van der Waals surface area contributed by atoms with Gasteiger partial charge < -0.3 is 15.4 Å². The maximum absolute atomic E-state index is 13.4. The smallest absolute Gasteiger partial charge is 0.315 e. The maximum Gasteiger partial charge on any atom is 0.315 e. The van der Waals surface area contributed by atoms with Gasteiger partial charge in [-0.15, -0.1) is 0 Å². The summed E-state index contributed by atoms with van der Waals surface area (Å²) in [5.41, 5.74) is 6.34. The number of urea groups is 1. The summed E-state index contributed by atoms with van der Waals surface area (Å²) in [7, 11) is 0. The van der Waals surface area contributed by atoms with Gasteiger partial charge in [0.05, 0.1) is 29.8 Å². The molecule has 0 radical (unpaired) electrons. The molecule has 1 saturated heterocycles. The highest BCUT2D eigenvalue weighted by Gasteiger charge is 2.43. The monoisotopic (exact) mass is 460 g/mol. The first-order valence-electron chi connectivity index (χ1n) is 11.8. The van der Waals surface area contributed by atoms with Gasteiger partial charge in [0.15, 0.2) is 0 Å². The molecular weight excluding hydrogens is 431 g/mol. The van der Waals surface area contributed by atoms with Crippen LogP contribution in [-0.4, -0.2) is 34.6 Å². The first kappa shape index (κ1) is 22.3. The van der Waals surface area contributed by atoms with Crippen LogP contribution in [0.25, 0.3) is 11.8 Å². The maximum atomic E-state index is 13.4. The van der Waals surface area contributed by atoms with Crippen molar-refractivity contribution in [3.05, 3.63) is 88.5 Å². The Kier molecular flexibility index (Phi) is 6.20. The Morgan fingerprint density at radius 3 is 2.74 bits per heavy atom. The minimum atomic E-state index is -0.330. The molecule has 1 aliphatic carbocycles. The highest BCUT2D eigenvalue weighted by Crippen LogP contribution is 2.44. The van der Waals surface area contributed by atoms with Gasteiger partial charge in [-0.2, -0.15) is 5.10 Å². The van der Waals surface area contributed by atoms with Crippen molar-refractivity contribution in [1.82, 2.24) is 20.4 Å². The number of aromatic nitrogens is 2. The molecule has 2 N–H and O–H groups in total. The molecule has 1 aromatic heterocycles. The fourth-order valence-corrected chi connectivity index (χ4v) is 5.02. The van der Waals surface area contributed by atoms with Crippen LogP contribution in [0.5, 0.6) is 0 Å². The summed E-state index contributed by atoms with van der Waals surface area (Å²) in [5, 5.41) is 10.3. The molecular formula is C27H29FN4O2. The molecule has 1 unspecified atom stereocenters. The lowest BCUT2D eigenvalue weighted by atomic mass is 9.78. The van der Waals surface area contributed by atoms with Gasteiger partial charge in [-0.3, -0.25) is 0 Å². The number of aryl methyl sites for hydroxylation is 1. The van der Waals surface area contributed by atoms with Gasteiger partial charge in [0.2, 0.25) is 0 Å². The number of amides is 2. The highest BCUT2D eigenvalue weighted by molar-refractivity contribution is 5.73. The summed E-state index contributed by atoms with van der Waals surface area (Å²) >= 11 is 0. The summed E-state index contributed by atoms with van der Waals surface area (Å²) in [6, 6.07) is 14.5. The Morgan fingerprint density at radius 1 is 1.15 bits per heavy atom. The number of hydrogen-bond donors (Lipinski definition) is 2. The van der Waals surface area contributed by atoms with Crippen molar-refractivity contribution < 1.29 is 13.9 Å². The Labute approximate surface area is 198 Å². The van der Waals surface area contributed by atoms with E-state index < -0.39 is 0 Å². The van der Waals surface area contributed by atoms with Gasteiger partial charge >= 0.3 is 6.03 Å². The van der Waals surface area contributed by atoms with Gasteiger partial charge in [0.25, 0.3) is 0 Å². The number of carbonyl (C=O) groups is 1. The molecule has 5 rings (SSSR count). The van der Waals surface area contributed by atoms with E-state index in [1.54, 1.807) is 12.1 Å². The number of rotatable bonds is 7. The zero-order valence-corrected chi connectivity index (χ0v) is 19.3. The third-order valence-corrected chi connectivity index (χ3v) is 6.77. The molecule has 6 nitrogen and oxygen atoms in total. The second-order valence-electron chi connectivity index (χ2n) is 8.86. The summed E-state index contributed by atoms with van der Waals surface area (Å²) in [5.74, 6) is -0.257. The zero-order chi connectivity index (χ0) is 23.5. The number of benzene rings is 2. The van der Waals surface area contributed by atoms with Crippen LogP contribution in [0.4, 0.5) is 9.18 Å². The Balaban J connectivity index is 1.35. The standard InChI is InChI=1S/C27H29FN4O2/c1-2-29-26(33)30-17-20-6-4-3-5-19(20)11-13-27-16-21-18-31-32(24-9-7-23(28)8-10-24)25(21)15-22(27)12-14-34-27/h3-10,15,18H,2,11-14,16-17H2,1H3,(H2,29,30,33). The topological polar surface area (TPSA) is 68.2 Å². The fourth-order valence-electron chi connectivity index (χ4n) is 5.02. The van der Waals surface area contributed by atoms with Crippen molar-refractivity contribution in [2.24, 2.45) is 0 Å². The lowest BCUT2D eigenvalue weighted by Gasteiger charge is -2.33. The molecule has 2 aromatic carbocycles. The van der Waals surface area contributed by atoms with Crippen LogP contribution in [-0.2, 0) is 24.1 Å². The summed E-state index contributed by atoms with van der Waals surface area (Å²) < 4.78 is 21.7. The zero-order valence-electron chi connectivity index (χ0n) is 19.3. The van der Waals surface area contributed by atoms with Crippen LogP contribution < -0.4 is 10.6 Å².